The highest BCUT2D eigenvalue weighted by Gasteiger charge is 2.18. The van der Waals surface area contributed by atoms with Crippen molar-refractivity contribution >= 4 is 11.6 Å². The number of methoxy groups -OCH3 is 3. The number of benzene rings is 2. The summed E-state index contributed by atoms with van der Waals surface area (Å²) in [5.41, 5.74) is 1.88. The molecular weight excluding hydrogens is 374 g/mol. The van der Waals surface area contributed by atoms with Gasteiger partial charge in [0.15, 0.2) is 5.76 Å². The van der Waals surface area contributed by atoms with Gasteiger partial charge in [-0.15, -0.1) is 0 Å². The molecule has 29 heavy (non-hydrogen) atoms. The molecule has 0 atom stereocenters. The largest absolute Gasteiger partial charge is 0.508 e. The van der Waals surface area contributed by atoms with Crippen molar-refractivity contribution in [2.24, 2.45) is 0 Å². The molecule has 7 nitrogen and oxygen atoms in total. The molecule has 1 amide bonds. The molecule has 0 aliphatic heterocycles. The van der Waals surface area contributed by atoms with Gasteiger partial charge >= 0.3 is 0 Å². The third kappa shape index (κ3) is 4.29. The van der Waals surface area contributed by atoms with E-state index in [2.05, 4.69) is 5.32 Å². The predicted molar refractivity (Wildman–Crippen MR) is 108 cm³/mol. The number of furan rings is 1. The van der Waals surface area contributed by atoms with Crippen LogP contribution in [-0.2, 0) is 6.42 Å². The summed E-state index contributed by atoms with van der Waals surface area (Å²) in [7, 11) is 4.70. The summed E-state index contributed by atoms with van der Waals surface area (Å²) in [6.45, 7) is 1.72. The highest BCUT2D eigenvalue weighted by atomic mass is 16.5. The second-order valence-corrected chi connectivity index (χ2v) is 6.36. The van der Waals surface area contributed by atoms with Gasteiger partial charge in [-0.1, -0.05) is 6.07 Å². The van der Waals surface area contributed by atoms with Crippen molar-refractivity contribution in [1.29, 1.82) is 0 Å². The number of hydrogen-bond acceptors (Lipinski definition) is 6. The van der Waals surface area contributed by atoms with Crippen LogP contribution in [0, 0.1) is 6.92 Å². The Bertz CT molecular complexity index is 999. The Kier molecular flexibility index (Phi) is 5.97. The lowest BCUT2D eigenvalue weighted by molar-refractivity contribution is 0.0995. The zero-order chi connectivity index (χ0) is 21.0. The first-order chi connectivity index (χ1) is 14.0. The van der Waals surface area contributed by atoms with Crippen LogP contribution in [0.15, 0.2) is 46.9 Å². The summed E-state index contributed by atoms with van der Waals surface area (Å²) in [5.74, 6) is 2.25. The van der Waals surface area contributed by atoms with Crippen LogP contribution in [0.2, 0.25) is 0 Å². The molecule has 0 aliphatic rings. The summed E-state index contributed by atoms with van der Waals surface area (Å²) in [6, 6.07) is 11.8. The molecule has 152 valence electrons. The minimum atomic E-state index is -0.404. The molecule has 0 spiro atoms. The number of anilines is 1. The number of amides is 1. The molecular formula is C22H23NO6. The number of hydrogen-bond donors (Lipinski definition) is 2. The SMILES string of the molecule is COc1cc(OC)c(Cc2ccc(C(=O)Nc3cccc(O)c3C)o2)c(OC)c1. The highest BCUT2D eigenvalue weighted by molar-refractivity contribution is 6.02. The summed E-state index contributed by atoms with van der Waals surface area (Å²) < 4.78 is 21.9. The Morgan fingerprint density at radius 3 is 2.34 bits per heavy atom. The van der Waals surface area contributed by atoms with Crippen LogP contribution in [0.25, 0.3) is 0 Å². The number of ether oxygens (including phenoxy) is 3. The van der Waals surface area contributed by atoms with Crippen LogP contribution in [0.5, 0.6) is 23.0 Å². The number of nitrogens with one attached hydrogen (secondary N) is 1. The van der Waals surface area contributed by atoms with Crippen LogP contribution in [-0.4, -0.2) is 32.3 Å². The number of carbonyl (C=O) groups is 1. The fourth-order valence-electron chi connectivity index (χ4n) is 2.96. The predicted octanol–water partition coefficient (Wildman–Crippen LogP) is 4.16. The molecule has 0 saturated carbocycles. The van der Waals surface area contributed by atoms with Gasteiger partial charge in [0.25, 0.3) is 5.91 Å². The number of carbonyl (C=O) groups excluding carboxylic acids is 1. The van der Waals surface area contributed by atoms with Gasteiger partial charge in [0, 0.05) is 35.4 Å². The monoisotopic (exact) mass is 397 g/mol. The van der Waals surface area contributed by atoms with E-state index < -0.39 is 5.91 Å². The molecule has 2 N–H and O–H groups in total. The number of rotatable bonds is 7. The number of aromatic hydroxyl groups is 1. The van der Waals surface area contributed by atoms with Gasteiger partial charge in [0.05, 0.1) is 21.3 Å². The van der Waals surface area contributed by atoms with Crippen molar-refractivity contribution in [3.63, 3.8) is 0 Å². The van der Waals surface area contributed by atoms with Crippen LogP contribution in [0.1, 0.15) is 27.4 Å². The Balaban J connectivity index is 1.82. The molecule has 0 radical (unpaired) electrons. The van der Waals surface area contributed by atoms with Gasteiger partial charge in [-0.2, -0.15) is 0 Å². The quantitative estimate of drug-likeness (QED) is 0.622. The molecule has 1 aromatic heterocycles. The minimum Gasteiger partial charge on any atom is -0.508 e. The van der Waals surface area contributed by atoms with Crippen molar-refractivity contribution in [3.05, 3.63) is 65.1 Å². The topological polar surface area (TPSA) is 90.2 Å². The Hall–Kier alpha value is -3.61. The molecule has 3 rings (SSSR count). The molecule has 0 unspecified atom stereocenters. The van der Waals surface area contributed by atoms with Crippen molar-refractivity contribution < 1.29 is 28.5 Å². The van der Waals surface area contributed by atoms with Crippen LogP contribution in [0.4, 0.5) is 5.69 Å². The van der Waals surface area contributed by atoms with E-state index in [0.717, 1.165) is 5.56 Å². The van der Waals surface area contributed by atoms with Gasteiger partial charge in [-0.3, -0.25) is 4.79 Å². The second-order valence-electron chi connectivity index (χ2n) is 6.36. The van der Waals surface area contributed by atoms with Crippen molar-refractivity contribution in [2.45, 2.75) is 13.3 Å². The molecule has 1 heterocycles. The van der Waals surface area contributed by atoms with E-state index in [4.69, 9.17) is 18.6 Å². The smallest absolute Gasteiger partial charge is 0.291 e. The molecule has 3 aromatic rings. The average Bonchev–Trinajstić information content (AvgIpc) is 3.20. The molecule has 0 bridgehead atoms. The van der Waals surface area contributed by atoms with Gasteiger partial charge in [0.1, 0.15) is 28.8 Å². The Morgan fingerprint density at radius 2 is 1.72 bits per heavy atom. The lowest BCUT2D eigenvalue weighted by atomic mass is 10.1. The molecule has 0 saturated heterocycles. The molecule has 2 aromatic carbocycles. The lowest BCUT2D eigenvalue weighted by Gasteiger charge is -2.14. The van der Waals surface area contributed by atoms with Crippen molar-refractivity contribution in [1.82, 2.24) is 0 Å². The van der Waals surface area contributed by atoms with Crippen LogP contribution < -0.4 is 19.5 Å². The van der Waals surface area contributed by atoms with Crippen molar-refractivity contribution in [2.75, 3.05) is 26.6 Å². The number of phenols is 1. The van der Waals surface area contributed by atoms with Crippen LogP contribution >= 0.6 is 0 Å². The summed E-state index contributed by atoms with van der Waals surface area (Å²) >= 11 is 0. The van der Waals surface area contributed by atoms with Crippen molar-refractivity contribution in [3.8, 4) is 23.0 Å². The Labute approximate surface area is 168 Å². The number of phenolic OH excluding ortho intramolecular Hbond substituents is 1. The third-order valence-corrected chi connectivity index (χ3v) is 4.61. The van der Waals surface area contributed by atoms with Gasteiger partial charge in [-0.05, 0) is 31.2 Å². The summed E-state index contributed by atoms with van der Waals surface area (Å²) in [5, 5.41) is 12.5. The normalized spacial score (nSPS) is 10.5. The first-order valence-corrected chi connectivity index (χ1v) is 8.94. The van der Waals surface area contributed by atoms with E-state index in [-0.39, 0.29) is 11.5 Å². The maximum atomic E-state index is 12.5. The standard InChI is InChI=1S/C22H23NO6/c1-13-17(6-5-7-18(13)24)23-22(25)19-9-8-14(29-19)10-16-20(27-3)11-15(26-2)12-21(16)28-4/h5-9,11-12,24H,10H2,1-4H3,(H,23,25). The fourth-order valence-corrected chi connectivity index (χ4v) is 2.96. The summed E-state index contributed by atoms with van der Waals surface area (Å²) in [6.07, 6.45) is 0.370. The van der Waals surface area contributed by atoms with Gasteiger partial charge in [-0.25, -0.2) is 0 Å². The van der Waals surface area contributed by atoms with E-state index in [0.29, 0.717) is 40.7 Å². The lowest BCUT2D eigenvalue weighted by Crippen LogP contribution is -2.11. The zero-order valence-electron chi connectivity index (χ0n) is 16.7. The minimum absolute atomic E-state index is 0.113. The summed E-state index contributed by atoms with van der Waals surface area (Å²) in [4.78, 5) is 12.5. The fraction of sp³-hybridized carbons (Fsp3) is 0.227. The van der Waals surface area contributed by atoms with Crippen LogP contribution in [0.3, 0.4) is 0 Å². The molecule has 0 fully saturated rings. The van der Waals surface area contributed by atoms with E-state index in [9.17, 15) is 9.90 Å². The maximum Gasteiger partial charge on any atom is 0.291 e. The van der Waals surface area contributed by atoms with E-state index in [1.54, 1.807) is 70.7 Å². The first kappa shape index (κ1) is 20.1. The van der Waals surface area contributed by atoms with E-state index in [1.807, 2.05) is 0 Å². The molecule has 0 aliphatic carbocycles. The first-order valence-electron chi connectivity index (χ1n) is 8.94. The van der Waals surface area contributed by atoms with E-state index in [1.165, 1.54) is 0 Å². The Morgan fingerprint density at radius 1 is 1.03 bits per heavy atom. The van der Waals surface area contributed by atoms with Gasteiger partial charge in [0.2, 0.25) is 0 Å². The average molecular weight is 397 g/mol. The van der Waals surface area contributed by atoms with Gasteiger partial charge < -0.3 is 29.1 Å². The molecule has 7 heteroatoms. The second kappa shape index (κ2) is 8.60. The highest BCUT2D eigenvalue weighted by Crippen LogP contribution is 2.36. The zero-order valence-corrected chi connectivity index (χ0v) is 16.7. The maximum absolute atomic E-state index is 12.5. The van der Waals surface area contributed by atoms with E-state index >= 15 is 0 Å². The third-order valence-electron chi connectivity index (χ3n) is 4.61.